The van der Waals surface area contributed by atoms with E-state index in [1.165, 1.54) is 0 Å². The van der Waals surface area contributed by atoms with Crippen molar-refractivity contribution in [3.8, 4) is 0 Å². The maximum atomic E-state index is 12.0. The summed E-state index contributed by atoms with van der Waals surface area (Å²) in [4.78, 5) is 17.9. The van der Waals surface area contributed by atoms with Crippen LogP contribution >= 0.6 is 11.6 Å². The van der Waals surface area contributed by atoms with E-state index in [1.54, 1.807) is 12.3 Å². The van der Waals surface area contributed by atoms with Crippen molar-refractivity contribution in [2.24, 2.45) is 0 Å². The number of amides is 1. The molecule has 2 rings (SSSR count). The number of hydrogen-bond acceptors (Lipinski definition) is 2. The van der Waals surface area contributed by atoms with Crippen LogP contribution in [0.2, 0.25) is 5.02 Å². The van der Waals surface area contributed by atoms with Crippen LogP contribution in [0.25, 0.3) is 0 Å². The van der Waals surface area contributed by atoms with Gasteiger partial charge in [0.05, 0.1) is 10.6 Å². The Labute approximate surface area is 94.1 Å². The first-order valence-electron chi connectivity index (χ1n) is 5.10. The zero-order valence-corrected chi connectivity index (χ0v) is 9.42. The van der Waals surface area contributed by atoms with E-state index in [4.69, 9.17) is 11.6 Å². The summed E-state index contributed by atoms with van der Waals surface area (Å²) < 4.78 is 0. The number of likely N-dealkylation sites (tertiary alicyclic amines) is 1. The number of aromatic nitrogens is 1. The lowest BCUT2D eigenvalue weighted by Crippen LogP contribution is -2.28. The first-order chi connectivity index (χ1) is 7.18. The van der Waals surface area contributed by atoms with Crippen molar-refractivity contribution in [3.63, 3.8) is 0 Å². The van der Waals surface area contributed by atoms with Crippen molar-refractivity contribution in [1.82, 2.24) is 9.88 Å². The summed E-state index contributed by atoms with van der Waals surface area (Å²) >= 11 is 6.02. The van der Waals surface area contributed by atoms with E-state index in [1.807, 2.05) is 11.8 Å². The molecular weight excluding hydrogens is 212 g/mol. The van der Waals surface area contributed by atoms with Crippen LogP contribution in [0.4, 0.5) is 0 Å². The normalized spacial score (nSPS) is 15.7. The molecule has 1 aromatic rings. The first kappa shape index (κ1) is 10.4. The molecule has 0 aliphatic carbocycles. The molecule has 1 aliphatic heterocycles. The predicted octanol–water partition coefficient (Wildman–Crippen LogP) is 2.28. The van der Waals surface area contributed by atoms with Gasteiger partial charge in [-0.15, -0.1) is 0 Å². The van der Waals surface area contributed by atoms with Crippen molar-refractivity contribution in [1.29, 1.82) is 0 Å². The zero-order valence-electron chi connectivity index (χ0n) is 8.66. The molecule has 4 heteroatoms. The lowest BCUT2D eigenvalue weighted by Gasteiger charge is -2.15. The van der Waals surface area contributed by atoms with Gasteiger partial charge in [0.1, 0.15) is 0 Å². The summed E-state index contributed by atoms with van der Waals surface area (Å²) in [5.41, 5.74) is 1.35. The van der Waals surface area contributed by atoms with E-state index in [0.29, 0.717) is 10.6 Å². The maximum Gasteiger partial charge on any atom is 0.256 e. The van der Waals surface area contributed by atoms with Crippen LogP contribution in [0.15, 0.2) is 12.3 Å². The van der Waals surface area contributed by atoms with Crippen molar-refractivity contribution in [2.45, 2.75) is 19.8 Å². The molecule has 15 heavy (non-hydrogen) atoms. The maximum absolute atomic E-state index is 12.0. The number of pyridine rings is 1. The molecule has 1 amide bonds. The SMILES string of the molecule is Cc1cc(Cl)c(C(=O)N2CCCC2)cn1. The second kappa shape index (κ2) is 4.19. The molecule has 0 radical (unpaired) electrons. The van der Waals surface area contributed by atoms with E-state index in [-0.39, 0.29) is 5.91 Å². The summed E-state index contributed by atoms with van der Waals surface area (Å²) in [6.45, 7) is 3.53. The molecule has 0 aromatic carbocycles. The average molecular weight is 225 g/mol. The Kier molecular flexibility index (Phi) is 2.91. The van der Waals surface area contributed by atoms with Gasteiger partial charge >= 0.3 is 0 Å². The van der Waals surface area contributed by atoms with Gasteiger partial charge in [0.2, 0.25) is 0 Å². The van der Waals surface area contributed by atoms with Gasteiger partial charge in [-0.1, -0.05) is 11.6 Å². The smallest absolute Gasteiger partial charge is 0.256 e. The Hall–Kier alpha value is -1.09. The largest absolute Gasteiger partial charge is 0.339 e. The van der Waals surface area contributed by atoms with Crippen molar-refractivity contribution in [3.05, 3.63) is 28.5 Å². The van der Waals surface area contributed by atoms with Crippen molar-refractivity contribution >= 4 is 17.5 Å². The third kappa shape index (κ3) is 2.12. The third-order valence-corrected chi connectivity index (χ3v) is 2.93. The summed E-state index contributed by atoms with van der Waals surface area (Å²) in [6.07, 6.45) is 3.74. The van der Waals surface area contributed by atoms with Crippen LogP contribution in [0, 0.1) is 6.92 Å². The molecular formula is C11H13ClN2O. The molecule has 0 atom stereocenters. The number of hydrogen-bond donors (Lipinski definition) is 0. The van der Waals surface area contributed by atoms with Crippen LogP contribution < -0.4 is 0 Å². The molecule has 0 spiro atoms. The fourth-order valence-corrected chi connectivity index (χ4v) is 2.06. The van der Waals surface area contributed by atoms with Gasteiger partial charge in [-0.2, -0.15) is 0 Å². The first-order valence-corrected chi connectivity index (χ1v) is 5.47. The van der Waals surface area contributed by atoms with Gasteiger partial charge in [0, 0.05) is 25.0 Å². The van der Waals surface area contributed by atoms with Gasteiger partial charge in [0.15, 0.2) is 0 Å². The standard InChI is InChI=1S/C11H13ClN2O/c1-8-6-10(12)9(7-13-8)11(15)14-4-2-3-5-14/h6-7H,2-5H2,1H3. The Bertz CT molecular complexity index is 386. The second-order valence-electron chi connectivity index (χ2n) is 3.80. The topological polar surface area (TPSA) is 33.2 Å². The highest BCUT2D eigenvalue weighted by molar-refractivity contribution is 6.33. The van der Waals surface area contributed by atoms with E-state index < -0.39 is 0 Å². The van der Waals surface area contributed by atoms with Gasteiger partial charge in [0.25, 0.3) is 5.91 Å². The molecule has 1 saturated heterocycles. The molecule has 0 unspecified atom stereocenters. The summed E-state index contributed by atoms with van der Waals surface area (Å²) in [6, 6.07) is 1.73. The Balaban J connectivity index is 2.24. The van der Waals surface area contributed by atoms with Crippen LogP contribution in [0.3, 0.4) is 0 Å². The van der Waals surface area contributed by atoms with Crippen molar-refractivity contribution < 1.29 is 4.79 Å². The van der Waals surface area contributed by atoms with E-state index in [9.17, 15) is 4.79 Å². The van der Waals surface area contributed by atoms with Gasteiger partial charge in [-0.05, 0) is 25.8 Å². The summed E-state index contributed by atoms with van der Waals surface area (Å²) in [5.74, 6) is 0.00463. The average Bonchev–Trinajstić information content (AvgIpc) is 2.69. The van der Waals surface area contributed by atoms with E-state index in [0.717, 1.165) is 31.6 Å². The predicted molar refractivity (Wildman–Crippen MR) is 59.1 cm³/mol. The third-order valence-electron chi connectivity index (χ3n) is 2.61. The highest BCUT2D eigenvalue weighted by Gasteiger charge is 2.21. The number of carbonyl (C=O) groups excluding carboxylic acids is 1. The lowest BCUT2D eigenvalue weighted by atomic mass is 10.2. The fraction of sp³-hybridized carbons (Fsp3) is 0.455. The van der Waals surface area contributed by atoms with Gasteiger partial charge in [-0.25, -0.2) is 0 Å². The molecule has 3 nitrogen and oxygen atoms in total. The molecule has 0 saturated carbocycles. The number of nitrogens with zero attached hydrogens (tertiary/aromatic N) is 2. The number of carbonyl (C=O) groups is 1. The Morgan fingerprint density at radius 2 is 2.13 bits per heavy atom. The molecule has 0 N–H and O–H groups in total. The number of halogens is 1. The minimum atomic E-state index is 0.00463. The molecule has 80 valence electrons. The number of rotatable bonds is 1. The van der Waals surface area contributed by atoms with Crippen molar-refractivity contribution in [2.75, 3.05) is 13.1 Å². The highest BCUT2D eigenvalue weighted by Crippen LogP contribution is 2.19. The molecule has 2 heterocycles. The van der Waals surface area contributed by atoms with Crippen LogP contribution in [-0.2, 0) is 0 Å². The molecule has 1 aliphatic rings. The lowest BCUT2D eigenvalue weighted by molar-refractivity contribution is 0.0792. The Morgan fingerprint density at radius 1 is 1.47 bits per heavy atom. The minimum Gasteiger partial charge on any atom is -0.339 e. The Morgan fingerprint density at radius 3 is 2.73 bits per heavy atom. The van der Waals surface area contributed by atoms with Gasteiger partial charge < -0.3 is 4.90 Å². The number of aryl methyl sites for hydroxylation is 1. The van der Waals surface area contributed by atoms with Crippen LogP contribution in [-0.4, -0.2) is 28.9 Å². The second-order valence-corrected chi connectivity index (χ2v) is 4.21. The molecule has 0 bridgehead atoms. The van der Waals surface area contributed by atoms with Gasteiger partial charge in [-0.3, -0.25) is 9.78 Å². The fourth-order valence-electron chi connectivity index (χ4n) is 1.77. The quantitative estimate of drug-likeness (QED) is 0.733. The van der Waals surface area contributed by atoms with Crippen LogP contribution in [0.5, 0.6) is 0 Å². The van der Waals surface area contributed by atoms with E-state index >= 15 is 0 Å². The summed E-state index contributed by atoms with van der Waals surface area (Å²) in [7, 11) is 0. The van der Waals surface area contributed by atoms with E-state index in [2.05, 4.69) is 4.98 Å². The molecule has 1 aromatic heterocycles. The minimum absolute atomic E-state index is 0.00463. The summed E-state index contributed by atoms with van der Waals surface area (Å²) in [5, 5.41) is 0.499. The zero-order chi connectivity index (χ0) is 10.8. The van der Waals surface area contributed by atoms with Crippen LogP contribution in [0.1, 0.15) is 28.9 Å². The highest BCUT2D eigenvalue weighted by atomic mass is 35.5. The monoisotopic (exact) mass is 224 g/mol. The molecule has 1 fully saturated rings.